The third-order valence-corrected chi connectivity index (χ3v) is 1.03. The Morgan fingerprint density at radius 3 is 2.60 bits per heavy atom. The quantitative estimate of drug-likeness (QED) is 0.351. The third kappa shape index (κ3) is 4.14. The van der Waals surface area contributed by atoms with Crippen LogP contribution in [0.4, 0.5) is 0 Å². The molecule has 0 rings (SSSR count). The Hall–Kier alpha value is -0.770. The molecule has 60 valence electrons. The van der Waals surface area contributed by atoms with Crippen molar-refractivity contribution in [3.05, 3.63) is 0 Å². The maximum Gasteiger partial charge on any atom is 0.190 e. The monoisotopic (exact) mass is 145 g/mol. The van der Waals surface area contributed by atoms with Gasteiger partial charge in [-0.3, -0.25) is 4.99 Å². The predicted octanol–water partition coefficient (Wildman–Crippen LogP) is -0.838. The molecule has 4 heteroatoms. The Bertz CT molecular complexity index is 112. The van der Waals surface area contributed by atoms with Crippen molar-refractivity contribution in [3.63, 3.8) is 0 Å². The number of rotatable bonds is 2. The van der Waals surface area contributed by atoms with Crippen molar-refractivity contribution in [3.8, 4) is 0 Å². The van der Waals surface area contributed by atoms with Gasteiger partial charge in [0.1, 0.15) is 0 Å². The second kappa shape index (κ2) is 5.05. The van der Waals surface area contributed by atoms with Gasteiger partial charge in [0, 0.05) is 20.6 Å². The summed E-state index contributed by atoms with van der Waals surface area (Å²) >= 11 is 0. The molecule has 0 aromatic heterocycles. The standard InChI is InChI=1S/C6H15N3O/c1-5(10)4-9-6(7-2)8-3/h5,10H,4H2,1-3H3,(H2,7,8,9)/t5-/m0/s1. The highest BCUT2D eigenvalue weighted by Crippen LogP contribution is 1.73. The number of nitrogens with zero attached hydrogens (tertiary/aromatic N) is 1. The van der Waals surface area contributed by atoms with Crippen molar-refractivity contribution in [1.29, 1.82) is 0 Å². The van der Waals surface area contributed by atoms with E-state index in [9.17, 15) is 0 Å². The molecule has 0 saturated heterocycles. The summed E-state index contributed by atoms with van der Waals surface area (Å²) in [7, 11) is 3.46. The van der Waals surface area contributed by atoms with E-state index in [0.717, 1.165) is 0 Å². The summed E-state index contributed by atoms with van der Waals surface area (Å²) in [5.74, 6) is 0.695. The Balaban J connectivity index is 3.46. The summed E-state index contributed by atoms with van der Waals surface area (Å²) in [6.07, 6.45) is -0.343. The molecule has 0 aromatic carbocycles. The molecule has 0 bridgehead atoms. The van der Waals surface area contributed by atoms with Crippen molar-refractivity contribution >= 4 is 5.96 Å². The van der Waals surface area contributed by atoms with Gasteiger partial charge < -0.3 is 15.7 Å². The van der Waals surface area contributed by atoms with Gasteiger partial charge in [-0.15, -0.1) is 0 Å². The molecule has 10 heavy (non-hydrogen) atoms. The fourth-order valence-electron chi connectivity index (χ4n) is 0.524. The lowest BCUT2D eigenvalue weighted by molar-refractivity contribution is 0.197. The highest BCUT2D eigenvalue weighted by Gasteiger charge is 1.95. The maximum atomic E-state index is 8.85. The van der Waals surface area contributed by atoms with Gasteiger partial charge in [-0.05, 0) is 6.92 Å². The zero-order valence-electron chi connectivity index (χ0n) is 6.68. The van der Waals surface area contributed by atoms with Crippen molar-refractivity contribution in [2.45, 2.75) is 13.0 Å². The molecule has 0 amide bonds. The van der Waals surface area contributed by atoms with Gasteiger partial charge in [-0.25, -0.2) is 0 Å². The number of guanidine groups is 1. The van der Waals surface area contributed by atoms with Crippen LogP contribution < -0.4 is 10.6 Å². The Morgan fingerprint density at radius 1 is 1.70 bits per heavy atom. The third-order valence-electron chi connectivity index (χ3n) is 1.03. The Morgan fingerprint density at radius 2 is 2.30 bits per heavy atom. The second-order valence-corrected chi connectivity index (χ2v) is 2.05. The first-order chi connectivity index (χ1) is 4.70. The number of nitrogens with one attached hydrogen (secondary N) is 2. The van der Waals surface area contributed by atoms with E-state index in [1.165, 1.54) is 0 Å². The number of aliphatic imine (C=N–C) groups is 1. The molecule has 0 fully saturated rings. The summed E-state index contributed by atoms with van der Waals surface area (Å²) in [4.78, 5) is 3.86. The van der Waals surface area contributed by atoms with Crippen LogP contribution in [0.1, 0.15) is 6.92 Å². The van der Waals surface area contributed by atoms with Crippen LogP contribution in [0, 0.1) is 0 Å². The van der Waals surface area contributed by atoms with E-state index in [2.05, 4.69) is 15.6 Å². The summed E-state index contributed by atoms with van der Waals surface area (Å²) in [6.45, 7) is 2.24. The topological polar surface area (TPSA) is 56.7 Å². The molecule has 0 aromatic rings. The molecule has 0 aliphatic heterocycles. The van der Waals surface area contributed by atoms with Crippen LogP contribution in [-0.4, -0.2) is 37.8 Å². The van der Waals surface area contributed by atoms with E-state index in [1.54, 1.807) is 21.0 Å². The smallest absolute Gasteiger partial charge is 0.190 e. The number of hydrogen-bond acceptors (Lipinski definition) is 2. The van der Waals surface area contributed by atoms with E-state index in [4.69, 9.17) is 5.11 Å². The molecule has 0 heterocycles. The molecule has 0 aliphatic rings. The minimum atomic E-state index is -0.343. The van der Waals surface area contributed by atoms with E-state index in [1.807, 2.05) is 0 Å². The zero-order chi connectivity index (χ0) is 7.98. The highest BCUT2D eigenvalue weighted by molar-refractivity contribution is 5.79. The van der Waals surface area contributed by atoms with Crippen molar-refractivity contribution in [2.75, 3.05) is 20.6 Å². The number of aliphatic hydroxyl groups excluding tert-OH is 1. The van der Waals surface area contributed by atoms with Crippen LogP contribution in [0.2, 0.25) is 0 Å². The lowest BCUT2D eigenvalue weighted by Gasteiger charge is -2.09. The summed E-state index contributed by atoms with van der Waals surface area (Å²) in [6, 6.07) is 0. The average molecular weight is 145 g/mol. The fraction of sp³-hybridized carbons (Fsp3) is 0.833. The van der Waals surface area contributed by atoms with Crippen LogP contribution in [0.25, 0.3) is 0 Å². The molecule has 0 saturated carbocycles. The minimum Gasteiger partial charge on any atom is -0.392 e. The largest absolute Gasteiger partial charge is 0.392 e. The van der Waals surface area contributed by atoms with Crippen LogP contribution in [-0.2, 0) is 0 Å². The van der Waals surface area contributed by atoms with Crippen LogP contribution in [0.5, 0.6) is 0 Å². The van der Waals surface area contributed by atoms with Gasteiger partial charge in [0.15, 0.2) is 5.96 Å². The maximum absolute atomic E-state index is 8.85. The number of aliphatic hydroxyl groups is 1. The first kappa shape index (κ1) is 9.23. The second-order valence-electron chi connectivity index (χ2n) is 2.05. The Kier molecular flexibility index (Phi) is 4.66. The highest BCUT2D eigenvalue weighted by atomic mass is 16.3. The lowest BCUT2D eigenvalue weighted by Crippen LogP contribution is -2.38. The molecule has 3 N–H and O–H groups in total. The van der Waals surface area contributed by atoms with Gasteiger partial charge in [0.05, 0.1) is 6.10 Å². The summed E-state index contributed by atoms with van der Waals surface area (Å²) in [5.41, 5.74) is 0. The molecular weight excluding hydrogens is 130 g/mol. The molecule has 4 nitrogen and oxygen atoms in total. The predicted molar refractivity (Wildman–Crippen MR) is 42.1 cm³/mol. The molecule has 0 radical (unpaired) electrons. The van der Waals surface area contributed by atoms with Gasteiger partial charge in [-0.2, -0.15) is 0 Å². The molecule has 0 aliphatic carbocycles. The first-order valence-electron chi connectivity index (χ1n) is 3.27. The van der Waals surface area contributed by atoms with E-state index in [-0.39, 0.29) is 6.10 Å². The van der Waals surface area contributed by atoms with Gasteiger partial charge >= 0.3 is 0 Å². The van der Waals surface area contributed by atoms with Crippen molar-refractivity contribution in [2.24, 2.45) is 4.99 Å². The van der Waals surface area contributed by atoms with Crippen LogP contribution in [0.3, 0.4) is 0 Å². The van der Waals surface area contributed by atoms with Crippen LogP contribution >= 0.6 is 0 Å². The normalized spacial score (nSPS) is 14.6. The lowest BCUT2D eigenvalue weighted by atomic mass is 10.4. The van der Waals surface area contributed by atoms with E-state index < -0.39 is 0 Å². The SMILES string of the molecule is CN=C(NC)NC[C@H](C)O. The zero-order valence-corrected chi connectivity index (χ0v) is 6.68. The molecule has 0 spiro atoms. The molecule has 0 unspecified atom stereocenters. The van der Waals surface area contributed by atoms with Gasteiger partial charge in [0.25, 0.3) is 0 Å². The number of hydrogen-bond donors (Lipinski definition) is 3. The van der Waals surface area contributed by atoms with Crippen molar-refractivity contribution in [1.82, 2.24) is 10.6 Å². The summed E-state index contributed by atoms with van der Waals surface area (Å²) in [5, 5.41) is 14.6. The van der Waals surface area contributed by atoms with Gasteiger partial charge in [-0.1, -0.05) is 0 Å². The van der Waals surface area contributed by atoms with Crippen LogP contribution in [0.15, 0.2) is 4.99 Å². The summed E-state index contributed by atoms with van der Waals surface area (Å²) < 4.78 is 0. The molecular formula is C6H15N3O. The first-order valence-corrected chi connectivity index (χ1v) is 3.27. The van der Waals surface area contributed by atoms with E-state index in [0.29, 0.717) is 12.5 Å². The van der Waals surface area contributed by atoms with Gasteiger partial charge in [0.2, 0.25) is 0 Å². The minimum absolute atomic E-state index is 0.343. The van der Waals surface area contributed by atoms with E-state index >= 15 is 0 Å². The average Bonchev–Trinajstić information content (AvgIpc) is 1.90. The fourth-order valence-corrected chi connectivity index (χ4v) is 0.524. The Labute approximate surface area is 61.4 Å². The van der Waals surface area contributed by atoms with Crippen molar-refractivity contribution < 1.29 is 5.11 Å². The molecule has 1 atom stereocenters.